The third kappa shape index (κ3) is 7.47. The topological polar surface area (TPSA) is 95.4 Å². The smallest absolute Gasteiger partial charge is 0.369 e. The van der Waals surface area contributed by atoms with E-state index < -0.39 is 53.1 Å². The summed E-state index contributed by atoms with van der Waals surface area (Å²) in [5.41, 5.74) is -2.42. The van der Waals surface area contributed by atoms with E-state index in [0.29, 0.717) is 41.9 Å². The van der Waals surface area contributed by atoms with Crippen LogP contribution in [0.15, 0.2) is 41.4 Å². The van der Waals surface area contributed by atoms with Crippen LogP contribution in [0.2, 0.25) is 0 Å². The summed E-state index contributed by atoms with van der Waals surface area (Å²) < 4.78 is 120. The molecule has 230 valence electrons. The maximum atomic E-state index is 13.4. The fourth-order valence-electron chi connectivity index (χ4n) is 4.72. The summed E-state index contributed by atoms with van der Waals surface area (Å²) in [6.07, 6.45) is -9.32. The standard InChI is InChI=1S/C25H26F9N7O/c1-22(39-18-8-14(23(26,27)28)7-15(9-18)24(29,30)31)35-11-19(13-10-36-41(2)12-13)20(40-22)37-16-3-5-17(6-4-16)38-21(42)25(32,33)34/h7-12,16-17,37,39-40H,3-6H2,1-2H3,(H,38,42). The number of halogens is 9. The van der Waals surface area contributed by atoms with Gasteiger partial charge in [0.15, 0.2) is 0 Å². The zero-order valence-electron chi connectivity index (χ0n) is 22.1. The van der Waals surface area contributed by atoms with Crippen LogP contribution in [-0.2, 0) is 24.2 Å². The molecule has 2 aliphatic rings. The first-order valence-electron chi connectivity index (χ1n) is 12.6. The van der Waals surface area contributed by atoms with E-state index in [9.17, 15) is 44.3 Å². The summed E-state index contributed by atoms with van der Waals surface area (Å²) in [5.74, 6) is -3.31. The molecule has 4 N–H and O–H groups in total. The molecular weight excluding hydrogens is 585 g/mol. The second-order valence-electron chi connectivity index (χ2n) is 10.2. The second kappa shape index (κ2) is 11.1. The van der Waals surface area contributed by atoms with Crippen molar-refractivity contribution in [1.29, 1.82) is 0 Å². The number of aryl methyl sites for hydroxylation is 1. The molecule has 1 fully saturated rings. The maximum absolute atomic E-state index is 13.4. The summed E-state index contributed by atoms with van der Waals surface area (Å²) in [6, 6.07) is 0.134. The average Bonchev–Trinajstić information content (AvgIpc) is 3.29. The number of nitrogens with one attached hydrogen (secondary N) is 4. The quantitative estimate of drug-likeness (QED) is 0.339. The summed E-state index contributed by atoms with van der Waals surface area (Å²) >= 11 is 0. The SMILES string of the molecule is Cn1cc(C2=C(NC3CCC(NC(=O)C(F)(F)F)CC3)NC(C)(Nc3cc(C(F)(F)F)cc(C(F)(F)F)c3)N=C2)cn1. The molecule has 1 atom stereocenters. The number of rotatable bonds is 6. The molecule has 1 amide bonds. The highest BCUT2D eigenvalue weighted by Gasteiger charge is 2.41. The van der Waals surface area contributed by atoms with Gasteiger partial charge >= 0.3 is 24.4 Å². The van der Waals surface area contributed by atoms with Crippen LogP contribution >= 0.6 is 0 Å². The molecule has 1 aromatic carbocycles. The molecule has 1 aliphatic heterocycles. The van der Waals surface area contributed by atoms with Gasteiger partial charge in [0.25, 0.3) is 0 Å². The molecule has 1 saturated carbocycles. The first-order chi connectivity index (χ1) is 19.3. The Bertz CT molecular complexity index is 1340. The highest BCUT2D eigenvalue weighted by molar-refractivity contribution is 6.11. The van der Waals surface area contributed by atoms with Gasteiger partial charge in [-0.2, -0.15) is 44.6 Å². The van der Waals surface area contributed by atoms with Crippen LogP contribution in [0.4, 0.5) is 45.2 Å². The third-order valence-corrected chi connectivity index (χ3v) is 6.75. The van der Waals surface area contributed by atoms with Crippen LogP contribution in [0.25, 0.3) is 5.57 Å². The molecule has 0 bridgehead atoms. The lowest BCUT2D eigenvalue weighted by Gasteiger charge is -2.38. The molecule has 42 heavy (non-hydrogen) atoms. The van der Waals surface area contributed by atoms with Crippen LogP contribution in [0.3, 0.4) is 0 Å². The van der Waals surface area contributed by atoms with E-state index in [0.717, 1.165) is 0 Å². The van der Waals surface area contributed by atoms with Crippen LogP contribution < -0.4 is 21.3 Å². The molecule has 0 saturated heterocycles. The van der Waals surface area contributed by atoms with Crippen LogP contribution in [0.5, 0.6) is 0 Å². The average molecular weight is 612 g/mol. The Morgan fingerprint density at radius 2 is 1.52 bits per heavy atom. The van der Waals surface area contributed by atoms with E-state index in [2.05, 4.69) is 26.0 Å². The number of aliphatic imine (C=N–C) groups is 1. The fourth-order valence-corrected chi connectivity index (χ4v) is 4.72. The van der Waals surface area contributed by atoms with E-state index in [1.807, 2.05) is 5.32 Å². The van der Waals surface area contributed by atoms with Gasteiger partial charge in [0.05, 0.1) is 17.3 Å². The van der Waals surface area contributed by atoms with Gasteiger partial charge in [-0.05, 0) is 50.8 Å². The summed E-state index contributed by atoms with van der Waals surface area (Å²) in [4.78, 5) is 15.6. The van der Waals surface area contributed by atoms with Crippen LogP contribution in [-0.4, -0.2) is 45.9 Å². The lowest BCUT2D eigenvalue weighted by atomic mass is 9.91. The van der Waals surface area contributed by atoms with Gasteiger partial charge in [0.2, 0.25) is 5.79 Å². The van der Waals surface area contributed by atoms with Gasteiger partial charge in [0, 0.05) is 48.4 Å². The predicted molar refractivity (Wildman–Crippen MR) is 134 cm³/mol. The molecule has 8 nitrogen and oxygen atoms in total. The number of benzene rings is 1. The predicted octanol–water partition coefficient (Wildman–Crippen LogP) is 5.17. The molecule has 1 unspecified atom stereocenters. The highest BCUT2D eigenvalue weighted by Crippen LogP contribution is 2.38. The minimum absolute atomic E-state index is 0.0198. The van der Waals surface area contributed by atoms with Crippen molar-refractivity contribution < 1.29 is 44.3 Å². The Hall–Kier alpha value is -3.92. The largest absolute Gasteiger partial charge is 0.471 e. The van der Waals surface area contributed by atoms with E-state index in [1.54, 1.807) is 13.2 Å². The third-order valence-electron chi connectivity index (χ3n) is 6.75. The number of hydrogen-bond donors (Lipinski definition) is 4. The molecule has 17 heteroatoms. The van der Waals surface area contributed by atoms with E-state index in [1.165, 1.54) is 24.0 Å². The first-order valence-corrected chi connectivity index (χ1v) is 12.6. The van der Waals surface area contributed by atoms with Gasteiger partial charge in [0.1, 0.15) is 5.82 Å². The maximum Gasteiger partial charge on any atom is 0.471 e. The molecule has 0 spiro atoms. The number of hydrogen-bond acceptors (Lipinski definition) is 6. The lowest BCUT2D eigenvalue weighted by molar-refractivity contribution is -0.174. The van der Waals surface area contributed by atoms with E-state index >= 15 is 0 Å². The van der Waals surface area contributed by atoms with Crippen molar-refractivity contribution >= 4 is 23.4 Å². The molecule has 2 heterocycles. The Morgan fingerprint density at radius 1 is 0.952 bits per heavy atom. The van der Waals surface area contributed by atoms with Gasteiger partial charge in [-0.25, -0.2) is 4.99 Å². The van der Waals surface area contributed by atoms with Crippen molar-refractivity contribution in [3.05, 3.63) is 53.1 Å². The van der Waals surface area contributed by atoms with Crippen LogP contribution in [0, 0.1) is 0 Å². The number of alkyl halides is 9. The monoisotopic (exact) mass is 611 g/mol. The highest BCUT2D eigenvalue weighted by atomic mass is 19.4. The Kier molecular flexibility index (Phi) is 8.17. The molecule has 2 aromatic rings. The first kappa shape index (κ1) is 31.0. The number of anilines is 1. The van der Waals surface area contributed by atoms with Gasteiger partial charge in [-0.15, -0.1) is 0 Å². The minimum Gasteiger partial charge on any atom is -0.369 e. The number of carbonyl (C=O) groups excluding carboxylic acids is 1. The number of nitrogens with zero attached hydrogens (tertiary/aromatic N) is 3. The van der Waals surface area contributed by atoms with Crippen molar-refractivity contribution in [2.45, 2.75) is 69.0 Å². The number of amides is 1. The lowest BCUT2D eigenvalue weighted by Crippen LogP contribution is -2.54. The van der Waals surface area contributed by atoms with Crippen molar-refractivity contribution in [3.8, 4) is 0 Å². The van der Waals surface area contributed by atoms with E-state index in [4.69, 9.17) is 0 Å². The van der Waals surface area contributed by atoms with Crippen LogP contribution in [0.1, 0.15) is 49.3 Å². The normalized spacial score (nSPS) is 23.4. The Morgan fingerprint density at radius 3 is 2.02 bits per heavy atom. The molecular formula is C25H26F9N7O. The molecule has 4 rings (SSSR count). The van der Waals surface area contributed by atoms with Crippen molar-refractivity contribution in [2.75, 3.05) is 5.32 Å². The number of aromatic nitrogens is 2. The van der Waals surface area contributed by atoms with Crippen molar-refractivity contribution in [1.82, 2.24) is 25.7 Å². The van der Waals surface area contributed by atoms with Crippen molar-refractivity contribution in [2.24, 2.45) is 12.0 Å². The zero-order chi connectivity index (χ0) is 31.1. The molecule has 1 aromatic heterocycles. The van der Waals surface area contributed by atoms with Gasteiger partial charge < -0.3 is 21.3 Å². The number of allylic oxidation sites excluding steroid dienone is 1. The zero-order valence-corrected chi connectivity index (χ0v) is 22.1. The molecule has 0 radical (unpaired) electrons. The fraction of sp³-hybridized carbons (Fsp3) is 0.480. The summed E-state index contributed by atoms with van der Waals surface area (Å²) in [5, 5.41) is 14.9. The summed E-state index contributed by atoms with van der Waals surface area (Å²) in [6.45, 7) is 1.41. The minimum atomic E-state index is -5.04. The van der Waals surface area contributed by atoms with Crippen molar-refractivity contribution in [3.63, 3.8) is 0 Å². The Balaban J connectivity index is 1.56. The second-order valence-corrected chi connectivity index (χ2v) is 10.2. The summed E-state index contributed by atoms with van der Waals surface area (Å²) in [7, 11) is 1.67. The Labute approximate surface area is 233 Å². The van der Waals surface area contributed by atoms with Gasteiger partial charge in [-0.1, -0.05) is 0 Å². The number of carbonyl (C=O) groups is 1. The van der Waals surface area contributed by atoms with Gasteiger partial charge in [-0.3, -0.25) is 9.48 Å². The molecule has 1 aliphatic carbocycles. The van der Waals surface area contributed by atoms with E-state index in [-0.39, 0.29) is 24.9 Å².